The number of phenols is 2. The van der Waals surface area contributed by atoms with E-state index in [4.69, 9.17) is 19.8 Å². The number of carboxylic acids is 2. The summed E-state index contributed by atoms with van der Waals surface area (Å²) in [7, 11) is -2.99. The Kier molecular flexibility index (Phi) is 17.6. The number of aryl methyl sites for hydroxylation is 2. The van der Waals surface area contributed by atoms with Crippen LogP contribution in [0.15, 0.2) is 34.3 Å². The molecule has 0 aromatic heterocycles. The van der Waals surface area contributed by atoms with Crippen molar-refractivity contribution in [1.82, 2.24) is 0 Å². The van der Waals surface area contributed by atoms with Crippen molar-refractivity contribution in [2.75, 3.05) is 6.67 Å². The number of hydrogen-bond donors (Lipinski definition) is 2. The van der Waals surface area contributed by atoms with Gasteiger partial charge < -0.3 is 30.0 Å². The summed E-state index contributed by atoms with van der Waals surface area (Å²) in [4.78, 5) is 26.6. The minimum absolute atomic E-state index is 0. The zero-order valence-corrected chi connectivity index (χ0v) is 28.4. The number of carboxylic acid groups (broad SMARTS) is 2. The molecule has 2 aromatic rings. The average molecular weight is 632 g/mol. The Balaban J connectivity index is 0. The van der Waals surface area contributed by atoms with Crippen LogP contribution in [0.2, 0.25) is 39.3 Å². The van der Waals surface area contributed by atoms with E-state index in [0.717, 1.165) is 48.9 Å². The van der Waals surface area contributed by atoms with E-state index in [1.165, 1.54) is 10.4 Å². The molecule has 0 spiro atoms. The molecule has 2 rings (SSSR count). The maximum atomic E-state index is 10.6. The molecule has 0 amide bonds. The predicted octanol–water partition coefficient (Wildman–Crippen LogP) is 2.32. The van der Waals surface area contributed by atoms with Crippen LogP contribution in [0.4, 0.5) is 0 Å². The number of phenolic OH excluding ortho intramolecular Hbond substituents is 2. The Hall–Kier alpha value is -2.74. The van der Waals surface area contributed by atoms with Gasteiger partial charge in [0.2, 0.25) is 0 Å². The van der Waals surface area contributed by atoms with Gasteiger partial charge in [-0.1, -0.05) is 87.8 Å². The predicted molar refractivity (Wildman–Crippen MR) is 162 cm³/mol. The molecule has 0 aliphatic carbocycles. The van der Waals surface area contributed by atoms with Gasteiger partial charge in [-0.05, 0) is 37.8 Å². The second-order valence-electron chi connectivity index (χ2n) is 11.1. The van der Waals surface area contributed by atoms with Gasteiger partial charge in [-0.25, -0.2) is 0 Å². The van der Waals surface area contributed by atoms with Crippen LogP contribution in [0.25, 0.3) is 0 Å². The number of aliphatic imine (C=N–C) groups is 2. The number of benzene rings is 2. The normalized spacial score (nSPS) is 11.2. The van der Waals surface area contributed by atoms with Gasteiger partial charge in [-0.2, -0.15) is 0 Å². The second kappa shape index (κ2) is 17.8. The summed E-state index contributed by atoms with van der Waals surface area (Å²) in [5.74, 6) is -1.55. The molecule has 8 nitrogen and oxygen atoms in total. The molecule has 0 atom stereocenters. The molecule has 0 saturated carbocycles. The van der Waals surface area contributed by atoms with Gasteiger partial charge in [0.05, 0.1) is 16.1 Å². The van der Waals surface area contributed by atoms with E-state index in [1.807, 2.05) is 0 Å². The van der Waals surface area contributed by atoms with E-state index in [-0.39, 0.29) is 23.4 Å². The second-order valence-corrected chi connectivity index (χ2v) is 21.3. The van der Waals surface area contributed by atoms with Crippen molar-refractivity contribution in [1.29, 1.82) is 0 Å². The maximum Gasteiger partial charge on any atom is 2.00 e. The minimum atomic E-state index is -1.50. The van der Waals surface area contributed by atoms with E-state index in [2.05, 4.69) is 87.4 Å². The Morgan fingerprint density at radius 1 is 0.725 bits per heavy atom. The first-order valence-electron chi connectivity index (χ1n) is 12.9. The largest absolute Gasteiger partial charge is 2.00 e. The molecule has 0 fully saturated rings. The molecule has 0 saturated heterocycles. The first kappa shape index (κ1) is 39.4. The van der Waals surface area contributed by atoms with Gasteiger partial charge in [0, 0.05) is 35.5 Å². The van der Waals surface area contributed by atoms with Gasteiger partial charge in [0.15, 0.2) is 0 Å². The van der Waals surface area contributed by atoms with Crippen LogP contribution < -0.4 is 20.6 Å². The number of carbonyl (C=O) groups is 2. The summed E-state index contributed by atoms with van der Waals surface area (Å²) >= 11 is 0. The van der Waals surface area contributed by atoms with Crippen LogP contribution >= 0.6 is 0 Å². The minimum Gasteiger partial charge on any atom is -0.550 e. The van der Waals surface area contributed by atoms with Crippen molar-refractivity contribution >= 4 is 50.9 Å². The van der Waals surface area contributed by atoms with Crippen LogP contribution in [0.1, 0.15) is 49.9 Å². The molecule has 0 bridgehead atoms. The number of rotatable bonds is 8. The van der Waals surface area contributed by atoms with Gasteiger partial charge in [-0.3, -0.25) is 9.98 Å². The monoisotopic (exact) mass is 631 g/mol. The summed E-state index contributed by atoms with van der Waals surface area (Å²) in [5, 5.41) is 41.5. The summed E-state index contributed by atoms with van der Waals surface area (Å²) in [6.07, 6.45) is 5.00. The fourth-order valence-electron chi connectivity index (χ4n) is 3.37. The van der Waals surface area contributed by atoms with Crippen LogP contribution in [-0.2, 0) is 39.2 Å². The first-order valence-corrected chi connectivity index (χ1v) is 19.9. The van der Waals surface area contributed by atoms with Gasteiger partial charge in [-0.15, -0.1) is 0 Å². The van der Waals surface area contributed by atoms with Crippen molar-refractivity contribution < 1.29 is 46.8 Å². The Morgan fingerprint density at radius 3 is 1.23 bits per heavy atom. The molecule has 11 heteroatoms. The van der Waals surface area contributed by atoms with Crippen LogP contribution in [0.3, 0.4) is 0 Å². The third-order valence-electron chi connectivity index (χ3n) is 5.55. The van der Waals surface area contributed by atoms with Crippen molar-refractivity contribution in [3.05, 3.63) is 46.5 Å². The first-order chi connectivity index (χ1) is 17.8. The molecule has 0 aliphatic rings. The third-order valence-corrected chi connectivity index (χ3v) is 9.60. The summed E-state index contributed by atoms with van der Waals surface area (Å²) in [6, 6.07) is 8.39. The smallest absolute Gasteiger partial charge is 0.550 e. The fraction of sp³-hybridized carbons (Fsp3) is 0.448. The standard InChI is InChI=1S/C25H38N2O2Si2.2C2H4O2.Co/c1-9-18-11-22(30(3,4)5)13-20(24(18)28)15-26-17-27-16-21-14-23(31(6,7)8)12-19(10-2)25(21)29;2*1-2(3)4;/h11-16,28-29H,9-10,17H2,1-8H3;2*1H3,(H,3,4);/q;;;+2/p-2. The Labute approximate surface area is 251 Å². The van der Waals surface area contributed by atoms with Crippen molar-refractivity contribution in [2.45, 2.75) is 79.8 Å². The Bertz CT molecular complexity index is 1090. The summed E-state index contributed by atoms with van der Waals surface area (Å²) in [6.45, 7) is 20.1. The molecule has 0 heterocycles. The summed E-state index contributed by atoms with van der Waals surface area (Å²) < 4.78 is 0. The molecule has 2 N–H and O–H groups in total. The molecule has 0 unspecified atom stereocenters. The number of hydrogen-bond acceptors (Lipinski definition) is 8. The molecule has 0 aliphatic heterocycles. The number of nitrogens with zero attached hydrogens (tertiary/aromatic N) is 2. The quantitative estimate of drug-likeness (QED) is 0.338. The van der Waals surface area contributed by atoms with E-state index in [9.17, 15) is 10.2 Å². The van der Waals surface area contributed by atoms with E-state index in [0.29, 0.717) is 11.5 Å². The number of aromatic hydroxyl groups is 2. The number of carbonyl (C=O) groups excluding carboxylic acids is 2. The van der Waals surface area contributed by atoms with Crippen LogP contribution in [0, 0.1) is 0 Å². The van der Waals surface area contributed by atoms with Crippen molar-refractivity contribution in [3.63, 3.8) is 0 Å². The molecule has 2 aromatic carbocycles. The van der Waals surface area contributed by atoms with E-state index < -0.39 is 28.1 Å². The SMILES string of the molecule is CC(=O)[O-].CC(=O)[O-].CCc1cc([Si](C)(C)C)cc(C=NCN=Cc2cc([Si](C)(C)C)cc(CC)c2O)c1O.[Co+2]. The van der Waals surface area contributed by atoms with Crippen molar-refractivity contribution in [2.24, 2.45) is 9.98 Å². The zero-order chi connectivity index (χ0) is 30.6. The van der Waals surface area contributed by atoms with Gasteiger partial charge >= 0.3 is 16.8 Å². The van der Waals surface area contributed by atoms with E-state index in [1.54, 1.807) is 12.4 Å². The van der Waals surface area contributed by atoms with Crippen LogP contribution in [-0.4, -0.2) is 57.4 Å². The van der Waals surface area contributed by atoms with E-state index >= 15 is 0 Å². The average Bonchev–Trinajstić information content (AvgIpc) is 2.78. The molecular weight excluding hydrogens is 587 g/mol. The molecular formula is C29H44CoN2O6Si2. The molecule has 223 valence electrons. The topological polar surface area (TPSA) is 145 Å². The molecule has 1 radical (unpaired) electrons. The summed E-state index contributed by atoms with van der Waals surface area (Å²) in [5.41, 5.74) is 3.43. The van der Waals surface area contributed by atoms with Crippen LogP contribution in [0.5, 0.6) is 11.5 Å². The van der Waals surface area contributed by atoms with Gasteiger partial charge in [0.25, 0.3) is 0 Å². The fourth-order valence-corrected chi connectivity index (χ4v) is 5.76. The third kappa shape index (κ3) is 14.6. The zero-order valence-electron chi connectivity index (χ0n) is 25.3. The van der Waals surface area contributed by atoms with Gasteiger partial charge in [0.1, 0.15) is 18.2 Å². The Morgan fingerprint density at radius 2 is 1.00 bits per heavy atom. The number of aliphatic carboxylic acids is 2. The van der Waals surface area contributed by atoms with Crippen molar-refractivity contribution in [3.8, 4) is 11.5 Å². The molecule has 40 heavy (non-hydrogen) atoms. The maximum absolute atomic E-state index is 10.6.